The molecule has 0 heterocycles. The summed E-state index contributed by atoms with van der Waals surface area (Å²) in [7, 11) is 0. The van der Waals surface area contributed by atoms with Crippen molar-refractivity contribution >= 4 is 23.2 Å². The summed E-state index contributed by atoms with van der Waals surface area (Å²) in [4.78, 5) is 0. The van der Waals surface area contributed by atoms with Gasteiger partial charge >= 0.3 is 6.18 Å². The fourth-order valence-electron chi connectivity index (χ4n) is 1.35. The number of hydrogen-bond donors (Lipinski definition) is 1. The van der Waals surface area contributed by atoms with E-state index in [0.717, 1.165) is 6.07 Å². The van der Waals surface area contributed by atoms with Crippen molar-refractivity contribution in [2.45, 2.75) is 25.1 Å². The van der Waals surface area contributed by atoms with Gasteiger partial charge in [0.1, 0.15) is 5.82 Å². The van der Waals surface area contributed by atoms with Crippen molar-refractivity contribution in [3.05, 3.63) is 33.6 Å². The van der Waals surface area contributed by atoms with Crippen LogP contribution in [-0.2, 0) is 0 Å². The lowest BCUT2D eigenvalue weighted by atomic mass is 10.0. The molecule has 0 unspecified atom stereocenters. The monoisotopic (exact) mass is 289 g/mol. The number of nitrogens with two attached hydrogens (primary N) is 1. The van der Waals surface area contributed by atoms with Gasteiger partial charge in [0, 0.05) is 18.0 Å². The van der Waals surface area contributed by atoms with Gasteiger partial charge < -0.3 is 5.73 Å². The van der Waals surface area contributed by atoms with E-state index < -0.39 is 30.9 Å². The van der Waals surface area contributed by atoms with E-state index >= 15 is 0 Å². The maximum Gasteiger partial charge on any atom is 0.389 e. The summed E-state index contributed by atoms with van der Waals surface area (Å²) in [5.41, 5.74) is 5.31. The van der Waals surface area contributed by atoms with Gasteiger partial charge in [0.15, 0.2) is 0 Å². The molecule has 0 aliphatic carbocycles. The van der Waals surface area contributed by atoms with Gasteiger partial charge in [-0.05, 0) is 18.6 Å². The van der Waals surface area contributed by atoms with Crippen LogP contribution in [0.5, 0.6) is 0 Å². The highest BCUT2D eigenvalue weighted by molar-refractivity contribution is 6.42. The zero-order chi connectivity index (χ0) is 13.2. The maximum absolute atomic E-state index is 13.4. The van der Waals surface area contributed by atoms with Crippen LogP contribution in [0.15, 0.2) is 12.1 Å². The van der Waals surface area contributed by atoms with E-state index in [1.165, 1.54) is 6.07 Å². The van der Waals surface area contributed by atoms with Gasteiger partial charge in [-0.2, -0.15) is 13.2 Å². The zero-order valence-corrected chi connectivity index (χ0v) is 10.0. The summed E-state index contributed by atoms with van der Waals surface area (Å²) >= 11 is 11.4. The minimum atomic E-state index is -4.33. The highest BCUT2D eigenvalue weighted by Gasteiger charge is 2.29. The van der Waals surface area contributed by atoms with E-state index in [1.54, 1.807) is 0 Å². The summed E-state index contributed by atoms with van der Waals surface area (Å²) in [6.45, 7) is 0. The van der Waals surface area contributed by atoms with Crippen molar-refractivity contribution in [3.63, 3.8) is 0 Å². The summed E-state index contributed by atoms with van der Waals surface area (Å²) in [5, 5.41) is -0.0770. The lowest BCUT2D eigenvalue weighted by Gasteiger charge is -2.16. The van der Waals surface area contributed by atoms with Gasteiger partial charge in [-0.1, -0.05) is 23.2 Å². The van der Waals surface area contributed by atoms with Gasteiger partial charge in [0.2, 0.25) is 0 Å². The van der Waals surface area contributed by atoms with E-state index in [1.807, 2.05) is 0 Å². The third-order valence-electron chi connectivity index (χ3n) is 2.19. The molecule has 0 fully saturated rings. The molecule has 0 saturated heterocycles. The highest BCUT2D eigenvalue weighted by atomic mass is 35.5. The Morgan fingerprint density at radius 2 is 1.82 bits per heavy atom. The second kappa shape index (κ2) is 5.42. The third kappa shape index (κ3) is 4.01. The highest BCUT2D eigenvalue weighted by Crippen LogP contribution is 2.34. The number of hydrogen-bond acceptors (Lipinski definition) is 1. The molecular weight excluding hydrogens is 281 g/mol. The molecule has 0 amide bonds. The third-order valence-corrected chi connectivity index (χ3v) is 3.01. The van der Waals surface area contributed by atoms with Crippen LogP contribution in [0.3, 0.4) is 0 Å². The minimum Gasteiger partial charge on any atom is -0.324 e. The molecule has 0 aliphatic heterocycles. The summed E-state index contributed by atoms with van der Waals surface area (Å²) < 4.78 is 49.4. The number of benzene rings is 1. The topological polar surface area (TPSA) is 26.0 Å². The smallest absolute Gasteiger partial charge is 0.324 e. The first kappa shape index (κ1) is 14.5. The number of alkyl halides is 3. The van der Waals surface area contributed by atoms with Crippen LogP contribution < -0.4 is 5.73 Å². The molecule has 96 valence electrons. The fourth-order valence-corrected chi connectivity index (χ4v) is 1.80. The predicted molar refractivity (Wildman–Crippen MR) is 58.6 cm³/mol. The first-order valence-corrected chi connectivity index (χ1v) is 5.43. The molecule has 0 saturated carbocycles. The van der Waals surface area contributed by atoms with Crippen molar-refractivity contribution in [2.24, 2.45) is 5.73 Å². The molecule has 1 aromatic carbocycles. The molecule has 1 nitrogen and oxygen atoms in total. The fraction of sp³-hybridized carbons (Fsp3) is 0.400. The molecule has 0 aliphatic rings. The van der Waals surface area contributed by atoms with Crippen LogP contribution in [0.25, 0.3) is 0 Å². The summed E-state index contributed by atoms with van der Waals surface area (Å²) in [5.74, 6) is -0.755. The van der Waals surface area contributed by atoms with Gasteiger partial charge in [0.05, 0.1) is 10.0 Å². The Morgan fingerprint density at radius 1 is 1.24 bits per heavy atom. The Labute approximate surface area is 105 Å². The SMILES string of the molecule is N[C@@H](CCC(F)(F)F)c1c(F)ccc(Cl)c1Cl. The normalized spacial score (nSPS) is 13.8. The van der Waals surface area contributed by atoms with Gasteiger partial charge in [-0.25, -0.2) is 4.39 Å². The van der Waals surface area contributed by atoms with Crippen LogP contribution >= 0.6 is 23.2 Å². The van der Waals surface area contributed by atoms with E-state index in [-0.39, 0.29) is 15.6 Å². The predicted octanol–water partition coefficient (Wildman–Crippen LogP) is 4.47. The Hall–Kier alpha value is -0.520. The van der Waals surface area contributed by atoms with Crippen molar-refractivity contribution in [2.75, 3.05) is 0 Å². The second-order valence-electron chi connectivity index (χ2n) is 3.52. The van der Waals surface area contributed by atoms with Crippen LogP contribution in [-0.4, -0.2) is 6.18 Å². The molecular formula is C10H9Cl2F4N. The van der Waals surface area contributed by atoms with E-state index in [0.29, 0.717) is 0 Å². The molecule has 0 radical (unpaired) electrons. The Morgan fingerprint density at radius 3 is 2.35 bits per heavy atom. The van der Waals surface area contributed by atoms with Gasteiger partial charge in [-0.3, -0.25) is 0 Å². The van der Waals surface area contributed by atoms with Crippen molar-refractivity contribution in [1.29, 1.82) is 0 Å². The van der Waals surface area contributed by atoms with Crippen molar-refractivity contribution in [1.82, 2.24) is 0 Å². The van der Waals surface area contributed by atoms with E-state index in [4.69, 9.17) is 28.9 Å². The van der Waals surface area contributed by atoms with Crippen LogP contribution in [0.4, 0.5) is 17.6 Å². The van der Waals surface area contributed by atoms with Crippen molar-refractivity contribution in [3.8, 4) is 0 Å². The quantitative estimate of drug-likeness (QED) is 0.645. The lowest BCUT2D eigenvalue weighted by Crippen LogP contribution is -2.17. The molecule has 2 N–H and O–H groups in total. The molecule has 1 aromatic rings. The maximum atomic E-state index is 13.4. The Bertz CT molecular complexity index is 406. The first-order valence-electron chi connectivity index (χ1n) is 4.68. The summed E-state index contributed by atoms with van der Waals surface area (Å²) in [6.07, 6.45) is -5.88. The van der Waals surface area contributed by atoms with Gasteiger partial charge in [0.25, 0.3) is 0 Å². The molecule has 0 spiro atoms. The number of rotatable bonds is 3. The molecule has 1 rings (SSSR count). The Balaban J connectivity index is 2.89. The average Bonchev–Trinajstić information content (AvgIpc) is 2.20. The molecule has 7 heteroatoms. The second-order valence-corrected chi connectivity index (χ2v) is 4.30. The molecule has 17 heavy (non-hydrogen) atoms. The minimum absolute atomic E-state index is 0.0607. The average molecular weight is 290 g/mol. The Kier molecular flexibility index (Phi) is 4.63. The molecule has 1 atom stereocenters. The standard InChI is InChI=1S/C10H9Cl2F4N/c11-5-1-2-6(13)8(9(5)12)7(17)3-4-10(14,15)16/h1-2,7H,3-4,17H2/t7-/m0/s1. The number of halogens is 6. The van der Waals surface area contributed by atoms with Crippen LogP contribution in [0, 0.1) is 5.82 Å². The van der Waals surface area contributed by atoms with Crippen LogP contribution in [0.2, 0.25) is 10.0 Å². The lowest BCUT2D eigenvalue weighted by molar-refractivity contribution is -0.136. The van der Waals surface area contributed by atoms with E-state index in [2.05, 4.69) is 0 Å². The zero-order valence-electron chi connectivity index (χ0n) is 8.49. The molecule has 0 aromatic heterocycles. The van der Waals surface area contributed by atoms with Crippen molar-refractivity contribution < 1.29 is 17.6 Å². The largest absolute Gasteiger partial charge is 0.389 e. The van der Waals surface area contributed by atoms with Gasteiger partial charge in [-0.15, -0.1) is 0 Å². The first-order chi connectivity index (χ1) is 7.72. The van der Waals surface area contributed by atoms with E-state index in [9.17, 15) is 17.6 Å². The molecule has 0 bridgehead atoms. The van der Waals surface area contributed by atoms with Crippen LogP contribution in [0.1, 0.15) is 24.4 Å². The summed E-state index contributed by atoms with van der Waals surface area (Å²) in [6, 6.07) is 1.11.